The molecule has 1 aromatic rings. The van der Waals surface area contributed by atoms with Crippen LogP contribution in [0.1, 0.15) is 37.7 Å². The maximum absolute atomic E-state index is 11.9. The topological polar surface area (TPSA) is 107 Å². The summed E-state index contributed by atoms with van der Waals surface area (Å²) >= 11 is 0. The average Bonchev–Trinajstić information content (AvgIpc) is 2.52. The van der Waals surface area contributed by atoms with E-state index in [9.17, 15) is 13.2 Å². The fourth-order valence-electron chi connectivity index (χ4n) is 2.51. The summed E-state index contributed by atoms with van der Waals surface area (Å²) in [4.78, 5) is 11.9. The van der Waals surface area contributed by atoms with E-state index in [0.717, 1.165) is 18.4 Å². The highest BCUT2D eigenvalue weighted by Crippen LogP contribution is 2.26. The van der Waals surface area contributed by atoms with Crippen molar-refractivity contribution in [2.75, 3.05) is 6.26 Å². The monoisotopic (exact) mass is 343 g/mol. The molecule has 0 radical (unpaired) electrons. The van der Waals surface area contributed by atoms with Gasteiger partial charge in [0, 0.05) is 0 Å². The zero-order valence-electron chi connectivity index (χ0n) is 13.3. The molecule has 0 spiro atoms. The number of benzene rings is 1. The zero-order chi connectivity index (χ0) is 17.3. The summed E-state index contributed by atoms with van der Waals surface area (Å²) in [6.45, 7) is 0.320. The van der Waals surface area contributed by atoms with Gasteiger partial charge in [-0.25, -0.2) is 0 Å². The third kappa shape index (κ3) is 9.32. The Morgan fingerprint density at radius 2 is 1.78 bits per heavy atom. The normalized spacial score (nSPS) is 16.8. The Hall–Kier alpha value is -1.44. The third-order valence-corrected chi connectivity index (χ3v) is 3.65. The van der Waals surface area contributed by atoms with Gasteiger partial charge in [-0.2, -0.15) is 8.42 Å². The van der Waals surface area contributed by atoms with Crippen molar-refractivity contribution in [3.8, 4) is 0 Å². The van der Waals surface area contributed by atoms with Gasteiger partial charge in [-0.15, -0.1) is 0 Å². The predicted octanol–water partition coefficient (Wildman–Crippen LogP) is 2.14. The number of hydrogen-bond donors (Lipinski definition) is 2. The van der Waals surface area contributed by atoms with Gasteiger partial charge in [0.2, 0.25) is 0 Å². The second kappa shape index (κ2) is 9.64. The van der Waals surface area contributed by atoms with Crippen LogP contribution in [-0.4, -0.2) is 31.2 Å². The molecule has 1 fully saturated rings. The van der Waals surface area contributed by atoms with Gasteiger partial charge in [0.15, 0.2) is 0 Å². The Balaban J connectivity index is 0.000000463. The van der Waals surface area contributed by atoms with Crippen molar-refractivity contribution in [2.45, 2.75) is 44.8 Å². The van der Waals surface area contributed by atoms with E-state index in [1.165, 1.54) is 19.3 Å². The first-order chi connectivity index (χ1) is 10.8. The van der Waals surface area contributed by atoms with Crippen LogP contribution in [0.5, 0.6) is 0 Å². The van der Waals surface area contributed by atoms with E-state index in [0.29, 0.717) is 18.8 Å². The van der Waals surface area contributed by atoms with Crippen molar-refractivity contribution in [1.82, 2.24) is 0 Å². The molecule has 1 atom stereocenters. The first kappa shape index (κ1) is 19.6. The maximum atomic E-state index is 11.9. The highest BCUT2D eigenvalue weighted by Gasteiger charge is 2.27. The first-order valence-electron chi connectivity index (χ1n) is 7.66. The van der Waals surface area contributed by atoms with E-state index >= 15 is 0 Å². The molecule has 1 aliphatic carbocycles. The zero-order valence-corrected chi connectivity index (χ0v) is 14.2. The quantitative estimate of drug-likeness (QED) is 0.641. The van der Waals surface area contributed by atoms with Crippen LogP contribution in [0.3, 0.4) is 0 Å². The van der Waals surface area contributed by atoms with Gasteiger partial charge in [-0.3, -0.25) is 9.35 Å². The number of nitrogens with two attached hydrogens (primary N) is 1. The van der Waals surface area contributed by atoms with E-state index in [2.05, 4.69) is 0 Å². The van der Waals surface area contributed by atoms with Gasteiger partial charge in [0.05, 0.1) is 6.26 Å². The Bertz CT molecular complexity index is 559. The van der Waals surface area contributed by atoms with E-state index in [4.69, 9.17) is 15.0 Å². The van der Waals surface area contributed by atoms with Gasteiger partial charge in [-0.05, 0) is 24.3 Å². The minimum Gasteiger partial charge on any atom is -0.460 e. The smallest absolute Gasteiger partial charge is 0.323 e. The van der Waals surface area contributed by atoms with Crippen molar-refractivity contribution in [1.29, 1.82) is 0 Å². The first-order valence-corrected chi connectivity index (χ1v) is 9.51. The van der Waals surface area contributed by atoms with Crippen molar-refractivity contribution in [2.24, 2.45) is 11.7 Å². The summed E-state index contributed by atoms with van der Waals surface area (Å²) in [5.74, 6) is 0.0489. The number of rotatable bonds is 4. The molecule has 3 N–H and O–H groups in total. The average molecular weight is 343 g/mol. The lowest BCUT2D eigenvalue weighted by molar-refractivity contribution is -0.148. The summed E-state index contributed by atoms with van der Waals surface area (Å²) in [6, 6.07) is 9.25. The van der Waals surface area contributed by atoms with Crippen molar-refractivity contribution in [3.05, 3.63) is 35.9 Å². The molecule has 0 bridgehead atoms. The molecule has 0 saturated heterocycles. The Morgan fingerprint density at radius 1 is 1.26 bits per heavy atom. The second-order valence-electron chi connectivity index (χ2n) is 5.75. The Labute approximate surface area is 137 Å². The Kier molecular flexibility index (Phi) is 8.22. The van der Waals surface area contributed by atoms with Crippen molar-refractivity contribution >= 4 is 16.1 Å². The van der Waals surface area contributed by atoms with Crippen LogP contribution in [-0.2, 0) is 26.3 Å². The summed E-state index contributed by atoms with van der Waals surface area (Å²) in [7, 11) is -3.67. The summed E-state index contributed by atoms with van der Waals surface area (Å²) in [5.41, 5.74) is 6.98. The molecule has 130 valence electrons. The van der Waals surface area contributed by atoms with E-state index in [-0.39, 0.29) is 5.97 Å². The highest BCUT2D eigenvalue weighted by molar-refractivity contribution is 7.85. The molecule has 0 unspecified atom stereocenters. The van der Waals surface area contributed by atoms with Gasteiger partial charge in [0.1, 0.15) is 12.6 Å². The molecule has 23 heavy (non-hydrogen) atoms. The lowest BCUT2D eigenvalue weighted by atomic mass is 9.84. The van der Waals surface area contributed by atoms with Crippen LogP contribution >= 0.6 is 0 Å². The summed E-state index contributed by atoms with van der Waals surface area (Å²) < 4.78 is 31.1. The second-order valence-corrected chi connectivity index (χ2v) is 7.22. The predicted molar refractivity (Wildman–Crippen MR) is 88.3 cm³/mol. The Morgan fingerprint density at radius 3 is 2.30 bits per heavy atom. The van der Waals surface area contributed by atoms with Gasteiger partial charge < -0.3 is 10.5 Å². The largest absolute Gasteiger partial charge is 0.460 e. The molecule has 0 heterocycles. The molecule has 6 nitrogen and oxygen atoms in total. The third-order valence-electron chi connectivity index (χ3n) is 3.65. The van der Waals surface area contributed by atoms with Crippen LogP contribution in [0, 0.1) is 5.92 Å². The van der Waals surface area contributed by atoms with Crippen molar-refractivity contribution < 1.29 is 22.5 Å². The fourth-order valence-corrected chi connectivity index (χ4v) is 2.51. The lowest BCUT2D eigenvalue weighted by Gasteiger charge is -2.25. The molecule has 0 aliphatic heterocycles. The molecule has 1 aliphatic rings. The molecule has 0 amide bonds. The van der Waals surface area contributed by atoms with Gasteiger partial charge in [-0.1, -0.05) is 49.6 Å². The number of carbonyl (C=O) groups is 1. The number of ether oxygens (including phenoxy) is 1. The summed E-state index contributed by atoms with van der Waals surface area (Å²) in [6.07, 6.45) is 6.47. The molecule has 7 heteroatoms. The molecular formula is C16H25NO5S. The standard InChI is InChI=1S/C15H21NO2.CH4O3S/c16-14(13-9-5-2-6-10-13)15(17)18-11-12-7-3-1-4-8-12;1-5(2,3)4/h1,3-4,7-8,13-14H,2,5-6,9-11,16H2;1H3,(H,2,3,4)/t14-;/m1./s1. The van der Waals surface area contributed by atoms with E-state index in [1.54, 1.807) is 0 Å². The lowest BCUT2D eigenvalue weighted by Crippen LogP contribution is -2.40. The van der Waals surface area contributed by atoms with E-state index in [1.807, 2.05) is 30.3 Å². The van der Waals surface area contributed by atoms with Crippen LogP contribution in [0.15, 0.2) is 30.3 Å². The number of esters is 1. The number of hydrogen-bond acceptors (Lipinski definition) is 5. The maximum Gasteiger partial charge on any atom is 0.323 e. The number of carbonyl (C=O) groups excluding carboxylic acids is 1. The minimum absolute atomic E-state index is 0.259. The van der Waals surface area contributed by atoms with E-state index < -0.39 is 16.2 Å². The van der Waals surface area contributed by atoms with Crippen LogP contribution in [0.25, 0.3) is 0 Å². The van der Waals surface area contributed by atoms with Gasteiger partial charge >= 0.3 is 5.97 Å². The van der Waals surface area contributed by atoms with Crippen LogP contribution in [0.2, 0.25) is 0 Å². The van der Waals surface area contributed by atoms with Crippen molar-refractivity contribution in [3.63, 3.8) is 0 Å². The molecule has 2 rings (SSSR count). The minimum atomic E-state index is -3.67. The molecule has 1 aromatic carbocycles. The van der Waals surface area contributed by atoms with Gasteiger partial charge in [0.25, 0.3) is 10.1 Å². The SMILES string of the molecule is CS(=O)(=O)O.N[C@@H](C(=O)OCc1ccccc1)C1CCCCC1. The molecule has 1 saturated carbocycles. The highest BCUT2D eigenvalue weighted by atomic mass is 32.2. The van der Waals surface area contributed by atoms with Crippen LogP contribution < -0.4 is 5.73 Å². The van der Waals surface area contributed by atoms with Crippen LogP contribution in [0.4, 0.5) is 0 Å². The summed E-state index contributed by atoms with van der Waals surface area (Å²) in [5, 5.41) is 0. The fraction of sp³-hybridized carbons (Fsp3) is 0.562. The molecular weight excluding hydrogens is 318 g/mol. The molecule has 0 aromatic heterocycles.